The molecule has 36 heavy (non-hydrogen) atoms. The van der Waals surface area contributed by atoms with Crippen LogP contribution >= 0.6 is 0 Å². The van der Waals surface area contributed by atoms with Crippen LogP contribution in [-0.2, 0) is 14.3 Å². The fourth-order valence-electron chi connectivity index (χ4n) is 4.95. The molecule has 0 bridgehead atoms. The second-order valence-corrected chi connectivity index (χ2v) is 11.5. The Morgan fingerprint density at radius 2 is 1.64 bits per heavy atom. The van der Waals surface area contributed by atoms with Gasteiger partial charge >= 0.3 is 6.09 Å². The molecule has 2 aliphatic rings. The Hall–Kier alpha value is -2.77. The van der Waals surface area contributed by atoms with E-state index in [0.29, 0.717) is 5.56 Å². The fourth-order valence-corrected chi connectivity index (χ4v) is 4.95. The van der Waals surface area contributed by atoms with Crippen LogP contribution < -0.4 is 10.6 Å². The molecule has 0 aliphatic heterocycles. The predicted molar refractivity (Wildman–Crippen MR) is 138 cm³/mol. The number of hydrogen-bond donors (Lipinski definition) is 3. The second-order valence-electron chi connectivity index (χ2n) is 11.5. The van der Waals surface area contributed by atoms with Crippen molar-refractivity contribution in [3.8, 4) is 5.75 Å². The van der Waals surface area contributed by atoms with Crippen molar-refractivity contribution in [2.45, 2.75) is 116 Å². The van der Waals surface area contributed by atoms with Gasteiger partial charge in [0.2, 0.25) is 11.8 Å². The molecule has 2 unspecified atom stereocenters. The summed E-state index contributed by atoms with van der Waals surface area (Å²) in [6.07, 6.45) is 6.92. The number of phenolic OH excluding ortho intramolecular Hbond substituents is 1. The zero-order valence-electron chi connectivity index (χ0n) is 22.4. The van der Waals surface area contributed by atoms with E-state index in [1.807, 2.05) is 13.8 Å². The summed E-state index contributed by atoms with van der Waals surface area (Å²) in [5.41, 5.74) is -0.313. The van der Waals surface area contributed by atoms with Crippen LogP contribution in [0.25, 0.3) is 0 Å². The van der Waals surface area contributed by atoms with E-state index in [-0.39, 0.29) is 35.6 Å². The molecule has 3 rings (SSSR count). The summed E-state index contributed by atoms with van der Waals surface area (Å²) < 4.78 is 5.42. The maximum Gasteiger partial charge on any atom is 0.408 e. The lowest BCUT2D eigenvalue weighted by molar-refractivity contribution is -0.148. The van der Waals surface area contributed by atoms with Crippen molar-refractivity contribution in [1.82, 2.24) is 15.5 Å². The van der Waals surface area contributed by atoms with Crippen molar-refractivity contribution in [3.05, 3.63) is 29.8 Å². The average molecular weight is 502 g/mol. The highest BCUT2D eigenvalue weighted by molar-refractivity contribution is 5.93. The van der Waals surface area contributed by atoms with Gasteiger partial charge in [-0.3, -0.25) is 9.59 Å². The smallest absolute Gasteiger partial charge is 0.408 e. The second kappa shape index (κ2) is 12.0. The Bertz CT molecular complexity index is 916. The van der Waals surface area contributed by atoms with Crippen LogP contribution in [0.4, 0.5) is 4.79 Å². The molecule has 1 aromatic carbocycles. The maximum absolute atomic E-state index is 14.1. The van der Waals surface area contributed by atoms with Gasteiger partial charge < -0.3 is 25.4 Å². The molecule has 1 aromatic rings. The summed E-state index contributed by atoms with van der Waals surface area (Å²) in [5.74, 6) is -0.894. The zero-order chi connectivity index (χ0) is 26.5. The Balaban J connectivity index is 1.96. The third-order valence-corrected chi connectivity index (χ3v) is 7.04. The molecule has 3 N–H and O–H groups in total. The molecule has 8 heteroatoms. The first-order valence-electron chi connectivity index (χ1n) is 13.4. The van der Waals surface area contributed by atoms with E-state index >= 15 is 0 Å². The van der Waals surface area contributed by atoms with Crippen LogP contribution in [0.5, 0.6) is 5.75 Å². The van der Waals surface area contributed by atoms with E-state index < -0.39 is 23.8 Å². The summed E-state index contributed by atoms with van der Waals surface area (Å²) in [5, 5.41) is 16.7. The lowest BCUT2D eigenvalue weighted by Gasteiger charge is -2.44. The quantitative estimate of drug-likeness (QED) is 0.474. The molecule has 2 atom stereocenters. The number of carbonyl (C=O) groups is 3. The topological polar surface area (TPSA) is 108 Å². The Morgan fingerprint density at radius 3 is 2.17 bits per heavy atom. The van der Waals surface area contributed by atoms with Gasteiger partial charge in [0.15, 0.2) is 0 Å². The molecule has 0 radical (unpaired) electrons. The van der Waals surface area contributed by atoms with Gasteiger partial charge in [0.25, 0.3) is 0 Å². The number of rotatable bonds is 8. The Labute approximate surface area is 215 Å². The van der Waals surface area contributed by atoms with Crippen molar-refractivity contribution in [3.63, 3.8) is 0 Å². The van der Waals surface area contributed by atoms with Gasteiger partial charge in [0, 0.05) is 17.6 Å². The molecule has 0 saturated heterocycles. The molecular formula is C28H43N3O5. The van der Waals surface area contributed by atoms with E-state index in [2.05, 4.69) is 10.6 Å². The number of nitrogens with zero attached hydrogens (tertiary/aromatic N) is 1. The van der Waals surface area contributed by atoms with E-state index in [4.69, 9.17) is 4.74 Å². The van der Waals surface area contributed by atoms with Crippen LogP contribution in [0, 0.1) is 5.92 Å². The molecule has 3 amide bonds. The monoisotopic (exact) mass is 501 g/mol. The summed E-state index contributed by atoms with van der Waals surface area (Å²) in [6.45, 7) is 9.02. The molecule has 0 aromatic heterocycles. The van der Waals surface area contributed by atoms with Gasteiger partial charge in [0.05, 0.1) is 0 Å². The summed E-state index contributed by atoms with van der Waals surface area (Å²) >= 11 is 0. The standard InChI is InChI=1S/C28H43N3O5/c1-18(2)23(30-27(35)36-28(3,4)5)26(34)31(20-14-11-15-20)24(21-16-9-10-17-22(21)32)25(33)29-19-12-7-6-8-13-19/h9-10,16-20,23-24,32H,6-8,11-15H2,1-5H3,(H,29,33)(H,30,35). The number of benzene rings is 1. The molecule has 8 nitrogen and oxygen atoms in total. The minimum absolute atomic E-state index is 0.0281. The normalized spacial score (nSPS) is 18.6. The number of para-hydroxylation sites is 1. The van der Waals surface area contributed by atoms with Crippen molar-refractivity contribution in [2.75, 3.05) is 0 Å². The third-order valence-electron chi connectivity index (χ3n) is 7.04. The zero-order valence-corrected chi connectivity index (χ0v) is 22.4. The third kappa shape index (κ3) is 7.14. The van der Waals surface area contributed by atoms with E-state index in [0.717, 1.165) is 51.4 Å². The SMILES string of the molecule is CC(C)C(NC(=O)OC(C)(C)C)C(=O)N(C1CCC1)C(C(=O)NC1CCCCC1)c1ccccc1O. The minimum atomic E-state index is -0.993. The first-order valence-corrected chi connectivity index (χ1v) is 13.4. The van der Waals surface area contributed by atoms with Gasteiger partial charge in [-0.25, -0.2) is 4.79 Å². The highest BCUT2D eigenvalue weighted by atomic mass is 16.6. The largest absolute Gasteiger partial charge is 0.508 e. The first kappa shape index (κ1) is 27.8. The molecule has 0 heterocycles. The van der Waals surface area contributed by atoms with Crippen molar-refractivity contribution < 1.29 is 24.2 Å². The number of amides is 3. The van der Waals surface area contributed by atoms with Gasteiger partial charge in [-0.1, -0.05) is 51.3 Å². The number of phenols is 1. The van der Waals surface area contributed by atoms with Crippen molar-refractivity contribution in [1.29, 1.82) is 0 Å². The summed E-state index contributed by atoms with van der Waals surface area (Å²) in [4.78, 5) is 42.2. The number of carbonyl (C=O) groups excluding carboxylic acids is 3. The minimum Gasteiger partial charge on any atom is -0.508 e. The first-order chi connectivity index (χ1) is 17.0. The molecule has 2 saturated carbocycles. The van der Waals surface area contributed by atoms with Crippen LogP contribution in [0.3, 0.4) is 0 Å². The van der Waals surface area contributed by atoms with E-state index in [1.165, 1.54) is 0 Å². The fraction of sp³-hybridized carbons (Fsp3) is 0.679. The van der Waals surface area contributed by atoms with Crippen LogP contribution in [0.15, 0.2) is 24.3 Å². The number of aromatic hydroxyl groups is 1. The maximum atomic E-state index is 14.1. The van der Waals surface area contributed by atoms with Gasteiger partial charge in [0.1, 0.15) is 23.4 Å². The highest BCUT2D eigenvalue weighted by Crippen LogP contribution is 2.37. The predicted octanol–water partition coefficient (Wildman–Crippen LogP) is 4.81. The number of nitrogens with one attached hydrogen (secondary N) is 2. The molecule has 200 valence electrons. The van der Waals surface area contributed by atoms with E-state index in [1.54, 1.807) is 49.9 Å². The molecule has 2 fully saturated rings. The van der Waals surface area contributed by atoms with Crippen LogP contribution in [-0.4, -0.2) is 51.6 Å². The summed E-state index contributed by atoms with van der Waals surface area (Å²) in [6, 6.07) is 4.73. The number of hydrogen-bond acceptors (Lipinski definition) is 5. The Morgan fingerprint density at radius 1 is 1.00 bits per heavy atom. The molecule has 2 aliphatic carbocycles. The lowest BCUT2D eigenvalue weighted by atomic mass is 9.86. The van der Waals surface area contributed by atoms with E-state index in [9.17, 15) is 19.5 Å². The number of ether oxygens (including phenoxy) is 1. The van der Waals surface area contributed by atoms with Gasteiger partial charge in [-0.05, 0) is 64.9 Å². The Kier molecular flexibility index (Phi) is 9.25. The van der Waals surface area contributed by atoms with Gasteiger partial charge in [-0.2, -0.15) is 0 Å². The molecular weight excluding hydrogens is 458 g/mol. The summed E-state index contributed by atoms with van der Waals surface area (Å²) in [7, 11) is 0. The number of alkyl carbamates (subject to hydrolysis) is 1. The van der Waals surface area contributed by atoms with Gasteiger partial charge in [-0.15, -0.1) is 0 Å². The molecule has 0 spiro atoms. The van der Waals surface area contributed by atoms with Crippen LogP contribution in [0.2, 0.25) is 0 Å². The average Bonchev–Trinajstić information content (AvgIpc) is 2.76. The van der Waals surface area contributed by atoms with Crippen molar-refractivity contribution in [2.24, 2.45) is 5.92 Å². The van der Waals surface area contributed by atoms with Crippen LogP contribution in [0.1, 0.15) is 97.6 Å². The lowest BCUT2D eigenvalue weighted by Crippen LogP contribution is -2.59. The van der Waals surface area contributed by atoms with Crippen molar-refractivity contribution >= 4 is 17.9 Å². The highest BCUT2D eigenvalue weighted by Gasteiger charge is 2.43.